The molecule has 2 atom stereocenters. The Labute approximate surface area is 134 Å². The number of nitrogens with zero attached hydrogens (tertiary/aromatic N) is 2. The summed E-state index contributed by atoms with van der Waals surface area (Å²) < 4.78 is 0. The molecule has 1 heterocycles. The summed E-state index contributed by atoms with van der Waals surface area (Å²) >= 11 is 0. The quantitative estimate of drug-likeness (QED) is 0.756. The second-order valence-electron chi connectivity index (χ2n) is 5.93. The minimum atomic E-state index is -1.12. The average molecular weight is 313 g/mol. The van der Waals surface area contributed by atoms with Crippen LogP contribution < -0.4 is 5.32 Å². The van der Waals surface area contributed by atoms with Crippen LogP contribution in [0.2, 0.25) is 0 Å². The molecule has 0 aliphatic heterocycles. The van der Waals surface area contributed by atoms with Crippen molar-refractivity contribution in [3.05, 3.63) is 54.0 Å². The molecule has 3 N–H and O–H groups in total. The molecule has 23 heavy (non-hydrogen) atoms. The molecular formula is C17H19N3O3. The summed E-state index contributed by atoms with van der Waals surface area (Å²) in [6.07, 6.45) is 4.71. The van der Waals surface area contributed by atoms with E-state index in [1.807, 2.05) is 18.2 Å². The number of aliphatic hydroxyl groups excluding tert-OH is 1. The fourth-order valence-electron chi connectivity index (χ4n) is 3.24. The number of aromatic nitrogens is 2. The zero-order valence-corrected chi connectivity index (χ0v) is 12.6. The predicted molar refractivity (Wildman–Crippen MR) is 85.4 cm³/mol. The Balaban J connectivity index is 1.77. The van der Waals surface area contributed by atoms with Gasteiger partial charge in [-0.3, -0.25) is 0 Å². The molecule has 0 unspecified atom stereocenters. The van der Waals surface area contributed by atoms with E-state index < -0.39 is 5.97 Å². The number of anilines is 1. The zero-order valence-electron chi connectivity index (χ0n) is 12.6. The topological polar surface area (TPSA) is 95.3 Å². The number of hydrogen-bond donors (Lipinski definition) is 3. The molecule has 1 aliphatic carbocycles. The molecule has 0 radical (unpaired) electrons. The van der Waals surface area contributed by atoms with Crippen LogP contribution in [0.15, 0.2) is 42.7 Å². The lowest BCUT2D eigenvalue weighted by molar-refractivity contribution is 0.0283. The van der Waals surface area contributed by atoms with Crippen molar-refractivity contribution < 1.29 is 15.0 Å². The molecule has 120 valence electrons. The molecule has 1 aromatic carbocycles. The third-order valence-electron chi connectivity index (χ3n) is 4.70. The number of rotatable bonds is 6. The van der Waals surface area contributed by atoms with E-state index in [2.05, 4.69) is 27.4 Å². The van der Waals surface area contributed by atoms with Crippen LogP contribution in [-0.4, -0.2) is 39.3 Å². The molecule has 0 bridgehead atoms. The van der Waals surface area contributed by atoms with E-state index in [0.717, 1.165) is 12.8 Å². The summed E-state index contributed by atoms with van der Waals surface area (Å²) in [6.45, 7) is 0.504. The number of nitrogens with one attached hydrogen (secondary N) is 1. The number of carboxylic acids is 1. The normalized spacial score (nSPS) is 23.1. The maximum absolute atomic E-state index is 11.2. The highest BCUT2D eigenvalue weighted by Crippen LogP contribution is 2.52. The van der Waals surface area contributed by atoms with Gasteiger partial charge < -0.3 is 15.5 Å². The van der Waals surface area contributed by atoms with Gasteiger partial charge in [-0.2, -0.15) is 0 Å². The van der Waals surface area contributed by atoms with E-state index in [9.17, 15) is 9.90 Å². The van der Waals surface area contributed by atoms with Crippen LogP contribution in [0.3, 0.4) is 0 Å². The van der Waals surface area contributed by atoms with E-state index in [1.54, 1.807) is 0 Å². The van der Waals surface area contributed by atoms with Gasteiger partial charge in [0.25, 0.3) is 0 Å². The predicted octanol–water partition coefficient (Wildman–Crippen LogP) is 2.14. The lowest BCUT2D eigenvalue weighted by atomic mass is 9.58. The number of benzene rings is 1. The second kappa shape index (κ2) is 6.34. The molecule has 0 saturated heterocycles. The molecule has 1 fully saturated rings. The van der Waals surface area contributed by atoms with Crippen LogP contribution >= 0.6 is 0 Å². The van der Waals surface area contributed by atoms with E-state index in [1.165, 1.54) is 18.0 Å². The first kappa shape index (κ1) is 15.4. The third-order valence-corrected chi connectivity index (χ3v) is 4.70. The molecule has 0 spiro atoms. The van der Waals surface area contributed by atoms with Crippen LogP contribution in [-0.2, 0) is 0 Å². The Morgan fingerprint density at radius 1 is 1.26 bits per heavy atom. The third kappa shape index (κ3) is 2.90. The number of hydrogen-bond acceptors (Lipinski definition) is 5. The van der Waals surface area contributed by atoms with Gasteiger partial charge in [0.05, 0.1) is 6.61 Å². The first-order valence-electron chi connectivity index (χ1n) is 7.60. The lowest BCUT2D eigenvalue weighted by Crippen LogP contribution is -2.47. The Bertz CT molecular complexity index is 688. The van der Waals surface area contributed by atoms with E-state index in [0.29, 0.717) is 6.54 Å². The summed E-state index contributed by atoms with van der Waals surface area (Å²) in [6, 6.07) is 10.1. The average Bonchev–Trinajstić information content (AvgIpc) is 2.56. The van der Waals surface area contributed by atoms with Crippen molar-refractivity contribution in [1.82, 2.24) is 9.97 Å². The first-order chi connectivity index (χ1) is 11.2. The summed E-state index contributed by atoms with van der Waals surface area (Å²) in [5.74, 6) is -0.621. The lowest BCUT2D eigenvalue weighted by Gasteiger charge is -2.49. The van der Waals surface area contributed by atoms with Crippen molar-refractivity contribution in [2.75, 3.05) is 18.5 Å². The van der Waals surface area contributed by atoms with Gasteiger partial charge in [0.1, 0.15) is 0 Å². The minimum Gasteiger partial charge on any atom is -0.476 e. The molecular weight excluding hydrogens is 294 g/mol. The second-order valence-corrected chi connectivity index (χ2v) is 5.93. The van der Waals surface area contributed by atoms with Gasteiger partial charge >= 0.3 is 5.97 Å². The zero-order chi connectivity index (χ0) is 16.3. The number of carboxylic acid groups (broad SMARTS) is 1. The van der Waals surface area contributed by atoms with Crippen molar-refractivity contribution in [1.29, 1.82) is 0 Å². The first-order valence-corrected chi connectivity index (χ1v) is 7.60. The summed E-state index contributed by atoms with van der Waals surface area (Å²) in [5.41, 5.74) is 0.803. The number of carbonyl (C=O) groups is 1. The fourth-order valence-corrected chi connectivity index (χ4v) is 3.24. The van der Waals surface area contributed by atoms with Crippen molar-refractivity contribution in [2.45, 2.75) is 18.8 Å². The van der Waals surface area contributed by atoms with Gasteiger partial charge in [-0.25, -0.2) is 14.8 Å². The SMILES string of the molecule is O=C(O)c1nccnc1NC[C@]1(CO)CC[C@H]1c1ccccc1. The molecule has 1 saturated carbocycles. The van der Waals surface area contributed by atoms with Gasteiger partial charge in [-0.1, -0.05) is 30.3 Å². The molecule has 2 aromatic rings. The molecule has 3 rings (SSSR count). The minimum absolute atomic E-state index is 0.0439. The van der Waals surface area contributed by atoms with Crippen molar-refractivity contribution in [2.24, 2.45) is 5.41 Å². The maximum atomic E-state index is 11.2. The Kier molecular flexibility index (Phi) is 4.25. The van der Waals surface area contributed by atoms with Gasteiger partial charge in [0, 0.05) is 24.4 Å². The molecule has 1 aromatic heterocycles. The van der Waals surface area contributed by atoms with Gasteiger partial charge in [0.2, 0.25) is 0 Å². The molecule has 6 heteroatoms. The van der Waals surface area contributed by atoms with E-state index in [4.69, 9.17) is 5.11 Å². The number of aromatic carboxylic acids is 1. The van der Waals surface area contributed by atoms with Crippen LogP contribution in [0.4, 0.5) is 5.82 Å². The van der Waals surface area contributed by atoms with Crippen LogP contribution in [0.25, 0.3) is 0 Å². The van der Waals surface area contributed by atoms with Gasteiger partial charge in [-0.05, 0) is 24.3 Å². The highest BCUT2D eigenvalue weighted by molar-refractivity contribution is 5.90. The Morgan fingerprint density at radius 3 is 2.61 bits per heavy atom. The standard InChI is InChI=1S/C17H19N3O3/c21-11-17(7-6-13(17)12-4-2-1-3-5-12)10-20-15-14(16(22)23)18-8-9-19-15/h1-5,8-9,13,21H,6-7,10-11H2,(H,19,20)(H,22,23)/t13-,17-/m0/s1. The fraction of sp³-hybridized carbons (Fsp3) is 0.353. The van der Waals surface area contributed by atoms with E-state index in [-0.39, 0.29) is 29.5 Å². The van der Waals surface area contributed by atoms with Crippen molar-refractivity contribution >= 4 is 11.8 Å². The highest BCUT2D eigenvalue weighted by Gasteiger charge is 2.46. The van der Waals surface area contributed by atoms with Gasteiger partial charge in [0.15, 0.2) is 11.5 Å². The van der Waals surface area contributed by atoms with Crippen molar-refractivity contribution in [3.63, 3.8) is 0 Å². The molecule has 6 nitrogen and oxygen atoms in total. The Morgan fingerprint density at radius 2 is 2.00 bits per heavy atom. The number of aliphatic hydroxyl groups is 1. The molecule has 1 aliphatic rings. The smallest absolute Gasteiger partial charge is 0.358 e. The van der Waals surface area contributed by atoms with Gasteiger partial charge in [-0.15, -0.1) is 0 Å². The summed E-state index contributed by atoms with van der Waals surface area (Å²) in [5, 5.41) is 22.2. The summed E-state index contributed by atoms with van der Waals surface area (Å²) in [7, 11) is 0. The monoisotopic (exact) mass is 313 g/mol. The van der Waals surface area contributed by atoms with Crippen LogP contribution in [0.5, 0.6) is 0 Å². The van der Waals surface area contributed by atoms with Crippen LogP contribution in [0.1, 0.15) is 34.8 Å². The largest absolute Gasteiger partial charge is 0.476 e. The summed E-state index contributed by atoms with van der Waals surface area (Å²) in [4.78, 5) is 19.1. The highest BCUT2D eigenvalue weighted by atomic mass is 16.4. The maximum Gasteiger partial charge on any atom is 0.358 e. The Hall–Kier alpha value is -2.47. The van der Waals surface area contributed by atoms with Crippen LogP contribution in [0, 0.1) is 5.41 Å². The molecule has 0 amide bonds. The van der Waals surface area contributed by atoms with Crippen molar-refractivity contribution in [3.8, 4) is 0 Å². The van der Waals surface area contributed by atoms with E-state index >= 15 is 0 Å².